The molecule has 0 heterocycles. The maximum absolute atomic E-state index is 13.8. The molecule has 0 aromatic heterocycles. The topological polar surface area (TPSA) is 15.3 Å². The van der Waals surface area contributed by atoms with E-state index in [1.807, 2.05) is 11.9 Å². The standard InChI is InChI=1S/C18H19FN2S/c1-21(18(22)20-16-11-5-4-10-15(16)19)17-12-6-8-13-7-2-3-9-14(13)17/h2-5,7,9-11,17H,6,8,12H2,1H3,(H,20,22)/t17-/m0/s1. The second kappa shape index (κ2) is 6.44. The number of hydrogen-bond acceptors (Lipinski definition) is 1. The Labute approximate surface area is 136 Å². The van der Waals surface area contributed by atoms with Crippen molar-refractivity contribution >= 4 is 23.0 Å². The van der Waals surface area contributed by atoms with Crippen LogP contribution in [0.5, 0.6) is 0 Å². The lowest BCUT2D eigenvalue weighted by molar-refractivity contribution is 0.336. The van der Waals surface area contributed by atoms with Crippen LogP contribution in [0.25, 0.3) is 0 Å². The maximum atomic E-state index is 13.8. The summed E-state index contributed by atoms with van der Waals surface area (Å²) in [5.41, 5.74) is 3.14. The molecule has 2 aromatic rings. The molecule has 0 bridgehead atoms. The highest BCUT2D eigenvalue weighted by molar-refractivity contribution is 7.80. The predicted octanol–water partition coefficient (Wildman–Crippen LogP) is 4.53. The van der Waals surface area contributed by atoms with Gasteiger partial charge >= 0.3 is 0 Å². The number of halogens is 1. The van der Waals surface area contributed by atoms with Crippen LogP contribution in [0.1, 0.15) is 30.0 Å². The third-order valence-electron chi connectivity index (χ3n) is 4.24. The smallest absolute Gasteiger partial charge is 0.173 e. The first-order valence-electron chi connectivity index (χ1n) is 7.53. The lowest BCUT2D eigenvalue weighted by atomic mass is 9.87. The summed E-state index contributed by atoms with van der Waals surface area (Å²) in [6.07, 6.45) is 3.33. The average molecular weight is 314 g/mol. The Morgan fingerprint density at radius 1 is 1.18 bits per heavy atom. The van der Waals surface area contributed by atoms with Crippen LogP contribution < -0.4 is 5.32 Å². The minimum absolute atomic E-state index is 0.247. The van der Waals surface area contributed by atoms with Gasteiger partial charge in [-0.2, -0.15) is 0 Å². The van der Waals surface area contributed by atoms with Crippen LogP contribution in [-0.4, -0.2) is 17.1 Å². The maximum Gasteiger partial charge on any atom is 0.173 e. The molecule has 4 heteroatoms. The number of anilines is 1. The van der Waals surface area contributed by atoms with E-state index < -0.39 is 0 Å². The van der Waals surface area contributed by atoms with Crippen molar-refractivity contribution in [3.8, 4) is 0 Å². The third kappa shape index (κ3) is 2.97. The van der Waals surface area contributed by atoms with Crippen molar-refractivity contribution in [3.63, 3.8) is 0 Å². The van der Waals surface area contributed by atoms with E-state index in [9.17, 15) is 4.39 Å². The van der Waals surface area contributed by atoms with Gasteiger partial charge in [-0.25, -0.2) is 4.39 Å². The van der Waals surface area contributed by atoms with Crippen LogP contribution in [0.4, 0.5) is 10.1 Å². The molecule has 0 aliphatic heterocycles. The van der Waals surface area contributed by atoms with Crippen molar-refractivity contribution in [2.45, 2.75) is 25.3 Å². The lowest BCUT2D eigenvalue weighted by Gasteiger charge is -2.35. The van der Waals surface area contributed by atoms with E-state index in [4.69, 9.17) is 12.2 Å². The Morgan fingerprint density at radius 2 is 1.91 bits per heavy atom. The molecule has 0 saturated carbocycles. The Balaban J connectivity index is 1.78. The summed E-state index contributed by atoms with van der Waals surface area (Å²) in [6.45, 7) is 0. The zero-order chi connectivity index (χ0) is 15.5. The summed E-state index contributed by atoms with van der Waals surface area (Å²) >= 11 is 5.48. The zero-order valence-corrected chi connectivity index (χ0v) is 13.4. The van der Waals surface area contributed by atoms with Gasteiger partial charge in [0.1, 0.15) is 5.82 Å². The van der Waals surface area contributed by atoms with Gasteiger partial charge in [-0.1, -0.05) is 36.4 Å². The van der Waals surface area contributed by atoms with E-state index in [2.05, 4.69) is 29.6 Å². The molecule has 3 rings (SSSR count). The Morgan fingerprint density at radius 3 is 2.73 bits per heavy atom. The van der Waals surface area contributed by atoms with Crippen molar-refractivity contribution in [2.75, 3.05) is 12.4 Å². The molecule has 22 heavy (non-hydrogen) atoms. The van der Waals surface area contributed by atoms with Gasteiger partial charge in [0, 0.05) is 7.05 Å². The predicted molar refractivity (Wildman–Crippen MR) is 92.5 cm³/mol. The van der Waals surface area contributed by atoms with Gasteiger partial charge < -0.3 is 10.2 Å². The highest BCUT2D eigenvalue weighted by atomic mass is 32.1. The molecule has 0 spiro atoms. The number of aryl methyl sites for hydroxylation is 1. The molecule has 0 saturated heterocycles. The summed E-state index contributed by atoms with van der Waals surface area (Å²) in [6, 6.07) is 15.3. The molecule has 1 aliphatic carbocycles. The first kappa shape index (κ1) is 15.0. The van der Waals surface area contributed by atoms with E-state index in [0.29, 0.717) is 10.8 Å². The fraction of sp³-hybridized carbons (Fsp3) is 0.278. The minimum atomic E-state index is -0.290. The van der Waals surface area contributed by atoms with Crippen molar-refractivity contribution in [2.24, 2.45) is 0 Å². The van der Waals surface area contributed by atoms with Crippen molar-refractivity contribution < 1.29 is 4.39 Å². The van der Waals surface area contributed by atoms with E-state index in [0.717, 1.165) is 19.3 Å². The molecular weight excluding hydrogens is 295 g/mol. The van der Waals surface area contributed by atoms with Gasteiger partial charge in [-0.15, -0.1) is 0 Å². The van der Waals surface area contributed by atoms with Crippen molar-refractivity contribution in [1.82, 2.24) is 4.90 Å². The van der Waals surface area contributed by atoms with Gasteiger partial charge in [0.15, 0.2) is 5.11 Å². The fourth-order valence-corrected chi connectivity index (χ4v) is 3.28. The first-order chi connectivity index (χ1) is 10.7. The quantitative estimate of drug-likeness (QED) is 0.820. The molecule has 1 aliphatic rings. The van der Waals surface area contributed by atoms with Crippen LogP contribution >= 0.6 is 12.2 Å². The van der Waals surface area contributed by atoms with Gasteiger partial charge in [0.25, 0.3) is 0 Å². The zero-order valence-electron chi connectivity index (χ0n) is 12.6. The van der Waals surface area contributed by atoms with Crippen LogP contribution in [0.2, 0.25) is 0 Å². The normalized spacial score (nSPS) is 16.7. The van der Waals surface area contributed by atoms with Gasteiger partial charge in [-0.05, 0) is 54.7 Å². The average Bonchev–Trinajstić information content (AvgIpc) is 2.55. The van der Waals surface area contributed by atoms with E-state index >= 15 is 0 Å². The second-order valence-electron chi connectivity index (χ2n) is 5.63. The molecule has 1 atom stereocenters. The molecule has 114 valence electrons. The number of hydrogen-bond donors (Lipinski definition) is 1. The fourth-order valence-electron chi connectivity index (χ4n) is 3.04. The number of nitrogens with one attached hydrogen (secondary N) is 1. The van der Waals surface area contributed by atoms with Crippen molar-refractivity contribution in [3.05, 3.63) is 65.5 Å². The van der Waals surface area contributed by atoms with Crippen molar-refractivity contribution in [1.29, 1.82) is 0 Å². The minimum Gasteiger partial charge on any atom is -0.345 e. The Bertz CT molecular complexity index is 686. The summed E-state index contributed by atoms with van der Waals surface area (Å²) in [5, 5.41) is 3.57. The number of para-hydroxylation sites is 1. The Kier molecular flexibility index (Phi) is 4.39. The molecule has 0 unspecified atom stereocenters. The number of fused-ring (bicyclic) bond motifs is 1. The highest BCUT2D eigenvalue weighted by Gasteiger charge is 2.25. The molecule has 0 radical (unpaired) electrons. The second-order valence-corrected chi connectivity index (χ2v) is 6.01. The van der Waals surface area contributed by atoms with Gasteiger partial charge in [0.05, 0.1) is 11.7 Å². The van der Waals surface area contributed by atoms with E-state index in [1.165, 1.54) is 17.2 Å². The number of nitrogens with zero attached hydrogens (tertiary/aromatic N) is 1. The Hall–Kier alpha value is -1.94. The summed E-state index contributed by atoms with van der Waals surface area (Å²) in [4.78, 5) is 2.04. The van der Waals surface area contributed by atoms with Crippen LogP contribution in [0.3, 0.4) is 0 Å². The molecular formula is C18H19FN2S. The van der Waals surface area contributed by atoms with E-state index in [1.54, 1.807) is 18.2 Å². The van der Waals surface area contributed by atoms with Crippen LogP contribution in [-0.2, 0) is 6.42 Å². The summed E-state index contributed by atoms with van der Waals surface area (Å²) in [7, 11) is 1.98. The SMILES string of the molecule is CN(C(=S)Nc1ccccc1F)[C@H]1CCCc2ccccc21. The molecule has 0 fully saturated rings. The molecule has 0 amide bonds. The van der Waals surface area contributed by atoms with Crippen LogP contribution in [0.15, 0.2) is 48.5 Å². The number of thiocarbonyl (C=S) groups is 1. The highest BCUT2D eigenvalue weighted by Crippen LogP contribution is 2.33. The monoisotopic (exact) mass is 314 g/mol. The number of rotatable bonds is 2. The van der Waals surface area contributed by atoms with Gasteiger partial charge in [0.2, 0.25) is 0 Å². The first-order valence-corrected chi connectivity index (χ1v) is 7.94. The molecule has 1 N–H and O–H groups in total. The molecule has 2 nitrogen and oxygen atoms in total. The van der Waals surface area contributed by atoms with E-state index in [-0.39, 0.29) is 11.9 Å². The van der Waals surface area contributed by atoms with Gasteiger partial charge in [-0.3, -0.25) is 0 Å². The molecule has 2 aromatic carbocycles. The number of benzene rings is 2. The summed E-state index contributed by atoms with van der Waals surface area (Å²) in [5.74, 6) is -0.290. The third-order valence-corrected chi connectivity index (χ3v) is 4.63. The lowest BCUT2D eigenvalue weighted by Crippen LogP contribution is -2.36. The summed E-state index contributed by atoms with van der Waals surface area (Å²) < 4.78 is 13.8. The largest absolute Gasteiger partial charge is 0.345 e. The van der Waals surface area contributed by atoms with Crippen LogP contribution in [0, 0.1) is 5.82 Å².